The monoisotopic (exact) mass is 712 g/mol. The molecule has 0 aliphatic heterocycles. The summed E-state index contributed by atoms with van der Waals surface area (Å²) in [5.74, 6) is -0.0351. The van der Waals surface area contributed by atoms with E-state index in [1.807, 2.05) is 18.2 Å². The number of nitrogens with zero attached hydrogens (tertiary/aromatic N) is 4. The van der Waals surface area contributed by atoms with Crippen molar-refractivity contribution in [2.45, 2.75) is 9.79 Å². The van der Waals surface area contributed by atoms with E-state index in [0.29, 0.717) is 81.2 Å². The Bertz CT molecular complexity index is 3620. The van der Waals surface area contributed by atoms with Crippen molar-refractivity contribution in [1.82, 2.24) is 18.8 Å². The third kappa shape index (κ3) is 3.51. The number of rotatable bonds is 4. The van der Waals surface area contributed by atoms with Crippen LogP contribution >= 0.6 is 12.0 Å². The second-order valence-corrected chi connectivity index (χ2v) is 14.6. The average molecular weight is 713 g/mol. The highest BCUT2D eigenvalue weighted by atomic mass is 32.2. The molecule has 0 amide bonds. The molecule has 13 nitrogen and oxygen atoms in total. The van der Waals surface area contributed by atoms with Crippen LogP contribution in [0.4, 0.5) is 0 Å². The molecule has 4 heterocycles. The molecule has 0 fully saturated rings. The molecule has 11 rings (SSSR count). The minimum atomic E-state index is -4.53. The summed E-state index contributed by atoms with van der Waals surface area (Å²) in [5.41, 5.74) is 1.63. The topological polar surface area (TPSA) is 182 Å². The van der Waals surface area contributed by atoms with Crippen molar-refractivity contribution >= 4 is 120 Å². The molecule has 51 heavy (non-hydrogen) atoms. The molecule has 3 N–H and O–H groups in total. The third-order valence-electron chi connectivity index (χ3n) is 10.0. The van der Waals surface area contributed by atoms with Crippen molar-refractivity contribution in [3.05, 3.63) is 99.6 Å². The third-order valence-corrected chi connectivity index (χ3v) is 11.5. The van der Waals surface area contributed by atoms with Crippen LogP contribution in [-0.4, -0.2) is 42.1 Å². The summed E-state index contributed by atoms with van der Waals surface area (Å²) < 4.78 is 41.0. The quantitative estimate of drug-likeness (QED) is 0.0443. The molecule has 0 aliphatic rings. The Morgan fingerprint density at radius 1 is 0.608 bits per heavy atom. The maximum atomic E-state index is 14.2. The highest BCUT2D eigenvalue weighted by molar-refractivity contribution is 7.94. The van der Waals surface area contributed by atoms with E-state index < -0.39 is 15.7 Å². The van der Waals surface area contributed by atoms with Crippen LogP contribution < -0.4 is 11.1 Å². The molecule has 4 aromatic heterocycles. The maximum absolute atomic E-state index is 14.2. The lowest BCUT2D eigenvalue weighted by atomic mass is 9.85. The van der Waals surface area contributed by atoms with Gasteiger partial charge in [0, 0.05) is 48.0 Å². The van der Waals surface area contributed by atoms with E-state index in [9.17, 15) is 27.7 Å². The lowest BCUT2D eigenvalue weighted by molar-refractivity contribution is -0.432. The van der Waals surface area contributed by atoms with Gasteiger partial charge in [-0.05, 0) is 82.2 Å². The molecular formula is C36H16N4O9S2. The molecule has 0 saturated carbocycles. The Morgan fingerprint density at radius 3 is 1.84 bits per heavy atom. The molecule has 15 heteroatoms. The predicted molar refractivity (Wildman–Crippen MR) is 192 cm³/mol. The van der Waals surface area contributed by atoms with Crippen molar-refractivity contribution in [3.8, 4) is 5.75 Å². The number of pyridine rings is 2. The van der Waals surface area contributed by atoms with E-state index in [1.165, 1.54) is 27.0 Å². The SMILES string of the molecule is O=c1c2ccc3c4c(O)cc5c6c(ccc(c7ccc(c2c73)c2nc3ccc(S(=O)(=O)O)cc3n12)c46)c(=O)n1c2cc(SOOO)ccc2nc51. The summed E-state index contributed by atoms with van der Waals surface area (Å²) in [5, 5.41) is 31.6. The second kappa shape index (κ2) is 9.43. The number of aromatic nitrogens is 4. The Kier molecular flexibility index (Phi) is 5.34. The van der Waals surface area contributed by atoms with Crippen LogP contribution in [-0.2, 0) is 19.5 Å². The smallest absolute Gasteiger partial charge is 0.294 e. The zero-order chi connectivity index (χ0) is 34.7. The van der Waals surface area contributed by atoms with Gasteiger partial charge in [-0.25, -0.2) is 15.2 Å². The molecule has 0 bridgehead atoms. The summed E-state index contributed by atoms with van der Waals surface area (Å²) in [7, 11) is -4.53. The van der Waals surface area contributed by atoms with E-state index in [2.05, 4.69) is 9.37 Å². The molecule has 246 valence electrons. The molecule has 0 radical (unpaired) electrons. The number of benzene rings is 7. The van der Waals surface area contributed by atoms with Crippen LogP contribution in [0.2, 0.25) is 0 Å². The molecular weight excluding hydrogens is 697 g/mol. The highest BCUT2D eigenvalue weighted by Crippen LogP contribution is 2.48. The lowest BCUT2D eigenvalue weighted by Gasteiger charge is -2.19. The summed E-state index contributed by atoms with van der Waals surface area (Å²) in [6, 6.07) is 21.5. The number of hydrogen-bond acceptors (Lipinski definition) is 11. The van der Waals surface area contributed by atoms with E-state index in [1.54, 1.807) is 42.5 Å². The number of phenolic OH excluding ortho intramolecular Hbond substituents is 1. The van der Waals surface area contributed by atoms with E-state index in [0.717, 1.165) is 28.2 Å². The normalized spacial score (nSPS) is 13.1. The maximum Gasteiger partial charge on any atom is 0.294 e. The van der Waals surface area contributed by atoms with Gasteiger partial charge < -0.3 is 5.11 Å². The van der Waals surface area contributed by atoms with Gasteiger partial charge in [0.1, 0.15) is 17.0 Å². The first kappa shape index (κ1) is 28.9. The van der Waals surface area contributed by atoms with Crippen molar-refractivity contribution in [1.29, 1.82) is 0 Å². The zero-order valence-electron chi connectivity index (χ0n) is 25.4. The Labute approximate surface area is 285 Å². The van der Waals surface area contributed by atoms with Crippen LogP contribution in [0.3, 0.4) is 0 Å². The number of fused-ring (bicyclic) bond motifs is 10. The highest BCUT2D eigenvalue weighted by Gasteiger charge is 2.26. The average Bonchev–Trinajstić information content (AvgIpc) is 3.70. The van der Waals surface area contributed by atoms with Crippen molar-refractivity contribution in [2.75, 3.05) is 0 Å². The molecule has 7 aromatic carbocycles. The zero-order valence-corrected chi connectivity index (χ0v) is 27.0. The number of phenols is 1. The summed E-state index contributed by atoms with van der Waals surface area (Å²) in [6.07, 6.45) is 0. The summed E-state index contributed by atoms with van der Waals surface area (Å²) in [6.45, 7) is 0. The number of aromatic hydroxyl groups is 1. The van der Waals surface area contributed by atoms with Crippen LogP contribution in [0, 0.1) is 0 Å². The first-order chi connectivity index (χ1) is 24.6. The Balaban J connectivity index is 1.29. The summed E-state index contributed by atoms with van der Waals surface area (Å²) in [4.78, 5) is 38.1. The van der Waals surface area contributed by atoms with Gasteiger partial charge in [0.15, 0.2) is 0 Å². The van der Waals surface area contributed by atoms with Gasteiger partial charge in [-0.3, -0.25) is 22.9 Å². The van der Waals surface area contributed by atoms with Gasteiger partial charge in [0.05, 0.1) is 39.0 Å². The molecule has 11 aromatic rings. The number of hydrogen-bond donors (Lipinski definition) is 3. The van der Waals surface area contributed by atoms with Gasteiger partial charge in [0.25, 0.3) is 21.2 Å². The molecule has 0 saturated heterocycles. The number of imidazole rings is 2. The van der Waals surface area contributed by atoms with Crippen LogP contribution in [0.5, 0.6) is 5.75 Å². The molecule has 0 atom stereocenters. The fourth-order valence-electron chi connectivity index (χ4n) is 8.09. The molecule has 0 aliphatic carbocycles. The van der Waals surface area contributed by atoms with E-state index >= 15 is 0 Å². The van der Waals surface area contributed by atoms with Gasteiger partial charge >= 0.3 is 0 Å². The van der Waals surface area contributed by atoms with E-state index in [-0.39, 0.29) is 21.7 Å². The first-order valence-electron chi connectivity index (χ1n) is 15.3. The van der Waals surface area contributed by atoms with Gasteiger partial charge in [-0.1, -0.05) is 23.2 Å². The Morgan fingerprint density at radius 2 is 1.16 bits per heavy atom. The van der Waals surface area contributed by atoms with Crippen LogP contribution in [0.1, 0.15) is 0 Å². The fraction of sp³-hybridized carbons (Fsp3) is 0. The van der Waals surface area contributed by atoms with Crippen molar-refractivity contribution < 1.29 is 32.7 Å². The van der Waals surface area contributed by atoms with Crippen LogP contribution in [0.25, 0.3) is 98.0 Å². The lowest BCUT2D eigenvalue weighted by Crippen LogP contribution is -2.14. The predicted octanol–water partition coefficient (Wildman–Crippen LogP) is 6.62. The molecule has 0 spiro atoms. The standard InChI is InChI=1S/C36H16N4O9S2/c41-27-13-22-30-21(36(43)39-25-11-14(50-49-48-44)1-9-23(25)38-34(22)39)7-4-17-16-3-6-19-29-20(8-5-18(28(16)29)31(27)32(17)30)35(42)40-26-12-15(51(45,46)47)2-10-24(26)37-33(19)40/h1-13,41,44H,(H,45,46,47). The van der Waals surface area contributed by atoms with E-state index in [4.69, 9.17) is 15.2 Å². The first-order valence-corrected chi connectivity index (χ1v) is 17.5. The fourth-order valence-corrected chi connectivity index (χ4v) is 8.98. The van der Waals surface area contributed by atoms with Gasteiger partial charge in [0.2, 0.25) is 0 Å². The van der Waals surface area contributed by atoms with Crippen molar-refractivity contribution in [3.63, 3.8) is 0 Å². The minimum Gasteiger partial charge on any atom is -0.507 e. The Hall–Kier alpha value is -5.94. The largest absolute Gasteiger partial charge is 0.507 e. The van der Waals surface area contributed by atoms with Crippen LogP contribution in [0.15, 0.2) is 98.2 Å². The molecule has 0 unspecified atom stereocenters. The summed E-state index contributed by atoms with van der Waals surface area (Å²) >= 11 is 0.763. The van der Waals surface area contributed by atoms with Gasteiger partial charge in [-0.2, -0.15) is 8.42 Å². The minimum absolute atomic E-state index is 0.0351. The van der Waals surface area contributed by atoms with Gasteiger partial charge in [-0.15, -0.1) is 4.33 Å². The second-order valence-electron chi connectivity index (χ2n) is 12.5. The van der Waals surface area contributed by atoms with Crippen molar-refractivity contribution in [2.24, 2.45) is 0 Å².